The number of amides is 1. The van der Waals surface area contributed by atoms with Crippen molar-refractivity contribution in [3.63, 3.8) is 0 Å². The minimum atomic E-state index is -3.94. The Morgan fingerprint density at radius 2 is 1.80 bits per heavy atom. The molecule has 0 aliphatic carbocycles. The molecule has 0 unspecified atom stereocenters. The van der Waals surface area contributed by atoms with E-state index in [0.717, 1.165) is 12.8 Å². The molecule has 1 aliphatic heterocycles. The first-order valence-corrected chi connectivity index (χ1v) is 18.8. The highest BCUT2D eigenvalue weighted by atomic mass is 32.2. The van der Waals surface area contributed by atoms with E-state index in [1.807, 2.05) is 6.92 Å². The monoisotopic (exact) mass is 589 g/mol. The first kappa shape index (κ1) is 29.7. The molecule has 0 spiro atoms. The first-order chi connectivity index (χ1) is 19.0. The van der Waals surface area contributed by atoms with Gasteiger partial charge < -0.3 is 18.8 Å². The van der Waals surface area contributed by atoms with Crippen LogP contribution in [-0.4, -0.2) is 81.2 Å². The van der Waals surface area contributed by atoms with Crippen LogP contribution in [0.1, 0.15) is 26.2 Å². The number of para-hydroxylation sites is 1. The van der Waals surface area contributed by atoms with Crippen molar-refractivity contribution >= 4 is 30.0 Å². The van der Waals surface area contributed by atoms with Crippen molar-refractivity contribution in [3.05, 3.63) is 36.6 Å². The van der Waals surface area contributed by atoms with Gasteiger partial charge in [-0.15, -0.1) is 10.2 Å². The van der Waals surface area contributed by atoms with Gasteiger partial charge in [0, 0.05) is 33.6 Å². The van der Waals surface area contributed by atoms with Crippen LogP contribution in [-0.2, 0) is 14.8 Å². The van der Waals surface area contributed by atoms with Gasteiger partial charge in [-0.1, -0.05) is 25.7 Å². The number of hydrogen-bond acceptors (Lipinski definition) is 8. The van der Waals surface area contributed by atoms with Crippen LogP contribution in [0, 0.1) is 0 Å². The van der Waals surface area contributed by atoms with Gasteiger partial charge in [-0.2, -0.15) is 0 Å². The lowest BCUT2D eigenvalue weighted by Crippen LogP contribution is -2.47. The Bertz CT molecular complexity index is 1400. The topological polar surface area (TPSA) is 120 Å². The number of methoxy groups -OCH3 is 2. The third kappa shape index (κ3) is 6.35. The van der Waals surface area contributed by atoms with E-state index in [4.69, 9.17) is 13.9 Å². The summed E-state index contributed by atoms with van der Waals surface area (Å²) in [6.45, 7) is 8.86. The summed E-state index contributed by atoms with van der Waals surface area (Å²) in [6, 6.07) is 9.46. The Morgan fingerprint density at radius 1 is 1.10 bits per heavy atom. The van der Waals surface area contributed by atoms with Crippen molar-refractivity contribution in [2.45, 2.75) is 57.9 Å². The van der Waals surface area contributed by atoms with Gasteiger partial charge in [0.1, 0.15) is 17.2 Å². The van der Waals surface area contributed by atoms with E-state index in [9.17, 15) is 13.2 Å². The molecule has 218 valence electrons. The summed E-state index contributed by atoms with van der Waals surface area (Å²) in [4.78, 5) is 14.3. The molecule has 13 heteroatoms. The highest BCUT2D eigenvalue weighted by Crippen LogP contribution is 2.39. The summed E-state index contributed by atoms with van der Waals surface area (Å²) in [5.74, 6) is 1.46. The number of benzene rings is 1. The zero-order chi connectivity index (χ0) is 29.1. The Hall–Kier alpha value is -3.32. The van der Waals surface area contributed by atoms with Crippen molar-refractivity contribution in [1.29, 1.82) is 0 Å². The zero-order valence-corrected chi connectivity index (χ0v) is 25.9. The molecule has 1 atom stereocenters. The third-order valence-corrected chi connectivity index (χ3v) is 10.5. The number of piperidine rings is 1. The number of carbonyl (C=O) groups is 1. The van der Waals surface area contributed by atoms with Crippen molar-refractivity contribution < 1.29 is 27.1 Å². The van der Waals surface area contributed by atoms with E-state index in [-0.39, 0.29) is 36.7 Å². The number of anilines is 1. The Labute approximate surface area is 237 Å². The van der Waals surface area contributed by atoms with Crippen LogP contribution < -0.4 is 13.8 Å². The number of sulfonamides is 1. The van der Waals surface area contributed by atoms with Crippen LogP contribution in [0.5, 0.6) is 11.5 Å². The van der Waals surface area contributed by atoms with E-state index in [1.165, 1.54) is 24.8 Å². The van der Waals surface area contributed by atoms with Crippen molar-refractivity contribution in [3.8, 4) is 28.8 Å². The van der Waals surface area contributed by atoms with Gasteiger partial charge in [0.15, 0.2) is 5.76 Å². The van der Waals surface area contributed by atoms with E-state index < -0.39 is 18.1 Å². The van der Waals surface area contributed by atoms with Crippen molar-refractivity contribution in [2.75, 3.05) is 37.4 Å². The molecule has 1 aromatic carbocycles. The molecular formula is C27H39N5O6SSi. The summed E-state index contributed by atoms with van der Waals surface area (Å²) in [7, 11) is -2.56. The Morgan fingerprint density at radius 3 is 2.38 bits per heavy atom. The summed E-state index contributed by atoms with van der Waals surface area (Å²) < 4.78 is 48.2. The molecule has 2 aromatic heterocycles. The van der Waals surface area contributed by atoms with Crippen LogP contribution in [0.25, 0.3) is 17.3 Å². The van der Waals surface area contributed by atoms with Gasteiger partial charge >= 0.3 is 0 Å². The van der Waals surface area contributed by atoms with Gasteiger partial charge in [0.2, 0.25) is 27.7 Å². The number of rotatable bonds is 12. The molecule has 3 aromatic rings. The lowest BCUT2D eigenvalue weighted by atomic mass is 10.0. The van der Waals surface area contributed by atoms with Gasteiger partial charge in [-0.3, -0.25) is 9.36 Å². The molecule has 3 heterocycles. The second kappa shape index (κ2) is 12.0. The number of furan rings is 1. The molecule has 4 rings (SSSR count). The molecule has 11 nitrogen and oxygen atoms in total. The Kier molecular flexibility index (Phi) is 8.93. The second-order valence-corrected chi connectivity index (χ2v) is 18.8. The number of ether oxygens (including phenoxy) is 2. The number of carbonyl (C=O) groups excluding carboxylic acids is 1. The standard InChI is InChI=1S/C27H39N5O6SSi/c1-20-10-7-14-24(33)30(20)15-18-39(34,35)31(16-19-40(4,5)6)27-29-28-26(23-13-9-17-38-23)32(27)25-21(36-2)11-8-12-22(25)37-3/h8-9,11-13,17,20H,7,10,14-16,18-19H2,1-6H3/t20-/m0/s1. The van der Waals surface area contributed by atoms with E-state index in [2.05, 4.69) is 29.8 Å². The molecule has 0 radical (unpaired) electrons. The molecule has 40 heavy (non-hydrogen) atoms. The van der Waals surface area contributed by atoms with Crippen LogP contribution in [0.3, 0.4) is 0 Å². The summed E-state index contributed by atoms with van der Waals surface area (Å²) in [6.07, 6.45) is 3.65. The van der Waals surface area contributed by atoms with Crippen LogP contribution >= 0.6 is 0 Å². The van der Waals surface area contributed by atoms with Crippen LogP contribution in [0.4, 0.5) is 5.95 Å². The highest BCUT2D eigenvalue weighted by Gasteiger charge is 2.35. The Balaban J connectivity index is 1.86. The molecule has 0 bridgehead atoms. The van der Waals surface area contributed by atoms with Gasteiger partial charge in [-0.25, -0.2) is 12.7 Å². The maximum Gasteiger partial charge on any atom is 0.246 e. The molecule has 1 amide bonds. The summed E-state index contributed by atoms with van der Waals surface area (Å²) in [5, 5.41) is 8.80. The molecule has 1 fully saturated rings. The molecule has 0 N–H and O–H groups in total. The molecule has 1 aliphatic rings. The lowest BCUT2D eigenvalue weighted by Gasteiger charge is -2.34. The van der Waals surface area contributed by atoms with Gasteiger partial charge in [0.25, 0.3) is 0 Å². The predicted octanol–water partition coefficient (Wildman–Crippen LogP) is 4.42. The van der Waals surface area contributed by atoms with Crippen molar-refractivity contribution in [2.24, 2.45) is 0 Å². The summed E-state index contributed by atoms with van der Waals surface area (Å²) >= 11 is 0. The van der Waals surface area contributed by atoms with E-state index in [0.29, 0.717) is 41.2 Å². The molecule has 0 saturated carbocycles. The van der Waals surface area contributed by atoms with Gasteiger partial charge in [0.05, 0.1) is 26.2 Å². The number of nitrogens with zero attached hydrogens (tertiary/aromatic N) is 5. The minimum Gasteiger partial charge on any atom is -0.494 e. The third-order valence-electron chi connectivity index (χ3n) is 7.09. The molecular weight excluding hydrogens is 550 g/mol. The SMILES string of the molecule is COc1cccc(OC)c1-n1c(-c2ccco2)nnc1N(CC[Si](C)(C)C)S(=O)(=O)CCN1C(=O)CCC[C@@H]1C. The largest absolute Gasteiger partial charge is 0.494 e. The lowest BCUT2D eigenvalue weighted by molar-refractivity contribution is -0.135. The van der Waals surface area contributed by atoms with Crippen LogP contribution in [0.15, 0.2) is 41.0 Å². The fourth-order valence-corrected chi connectivity index (χ4v) is 7.26. The van der Waals surface area contributed by atoms with Gasteiger partial charge in [-0.05, 0) is 50.1 Å². The highest BCUT2D eigenvalue weighted by molar-refractivity contribution is 7.92. The fraction of sp³-hybridized carbons (Fsp3) is 0.519. The normalized spacial score (nSPS) is 16.3. The minimum absolute atomic E-state index is 0.000989. The summed E-state index contributed by atoms with van der Waals surface area (Å²) in [5.41, 5.74) is 0.451. The van der Waals surface area contributed by atoms with Crippen LogP contribution in [0.2, 0.25) is 25.7 Å². The average molecular weight is 590 g/mol. The first-order valence-electron chi connectivity index (χ1n) is 13.5. The zero-order valence-electron chi connectivity index (χ0n) is 24.1. The quantitative estimate of drug-likeness (QED) is 0.285. The number of hydrogen-bond donors (Lipinski definition) is 0. The average Bonchev–Trinajstić information content (AvgIpc) is 3.57. The number of aromatic nitrogens is 3. The fourth-order valence-electron chi connectivity index (χ4n) is 4.82. The second-order valence-electron chi connectivity index (χ2n) is 11.2. The maximum atomic E-state index is 14.1. The number of likely N-dealkylation sites (tertiary alicyclic amines) is 1. The van der Waals surface area contributed by atoms with E-state index >= 15 is 0 Å². The molecule has 1 saturated heterocycles. The maximum absolute atomic E-state index is 14.1. The predicted molar refractivity (Wildman–Crippen MR) is 156 cm³/mol. The smallest absolute Gasteiger partial charge is 0.246 e. The van der Waals surface area contributed by atoms with Crippen molar-refractivity contribution in [1.82, 2.24) is 19.7 Å². The van der Waals surface area contributed by atoms with E-state index in [1.54, 1.807) is 39.8 Å².